The van der Waals surface area contributed by atoms with E-state index < -0.39 is 87.5 Å². The number of imidazole rings is 1. The number of hydrogen-bond acceptors (Lipinski definition) is 17. The predicted molar refractivity (Wildman–Crippen MR) is 413 cm³/mol. The van der Waals surface area contributed by atoms with Crippen LogP contribution in [-0.2, 0) is 72.5 Å². The third-order valence-electron chi connectivity index (χ3n) is 15.3. The third-order valence-corrected chi connectivity index (χ3v) is 30.7. The second-order valence-corrected chi connectivity index (χ2v) is 47.9. The standard InChI is InChI=1S/C16H18O3S.2C11H16O2S.C11H16.C10H17NO2S.C9H16N2O2S.C9H15NO3S/c1-16(2,3)20(17,18)15-11-9-14(10-12-15)19-13-7-5-4-6-8-13;2*1-9-5-7-10(8-6-9)14(12,13)11(2,3)4;1-11(2,3)9-10-7-5-4-6-8-10;1-7-6-11-8(2)9(7)14(12,13)10(3,4)5;1-7-10-8(6-11(7)5)14(12,13)9(2,3)4;1-6-8(7(2)13-10-6)14(11,12)9(3,4)5/h4-12H,1-3H3;2*5-8H,1-4H3;4-8H,9H2,1-3H3;6H2,1-5H3;6H,1-5H3;1-5H3. The average molecular weight is 1510 g/mol. The minimum atomic E-state index is -3.35. The molecule has 7 aromatic rings. The van der Waals surface area contributed by atoms with Crippen LogP contribution in [0.2, 0.25) is 0 Å². The number of nitrogens with zero attached hydrogens (tertiary/aromatic N) is 4. The van der Waals surface area contributed by atoms with Crippen LogP contribution in [0.15, 0.2) is 184 Å². The van der Waals surface area contributed by atoms with Gasteiger partial charge in [-0.1, -0.05) is 110 Å². The Hall–Kier alpha value is -6.57. The molecule has 0 bridgehead atoms. The van der Waals surface area contributed by atoms with Crippen LogP contribution in [0.25, 0.3) is 0 Å². The summed E-state index contributed by atoms with van der Waals surface area (Å²) in [5, 5.41) is 3.80. The van der Waals surface area contributed by atoms with Gasteiger partial charge < -0.3 is 13.8 Å². The summed E-state index contributed by atoms with van der Waals surface area (Å²) >= 11 is 0. The molecule has 0 N–H and O–H groups in total. The molecule has 101 heavy (non-hydrogen) atoms. The Kier molecular flexibility index (Phi) is 30.8. The maximum absolute atomic E-state index is 12.3. The van der Waals surface area contributed by atoms with Crippen LogP contribution in [0.1, 0.15) is 193 Å². The fourth-order valence-corrected chi connectivity index (χ4v) is 16.4. The highest BCUT2D eigenvalue weighted by molar-refractivity contribution is 7.97. The van der Waals surface area contributed by atoms with Crippen LogP contribution >= 0.6 is 0 Å². The molecule has 3 heterocycles. The summed E-state index contributed by atoms with van der Waals surface area (Å²) in [5.74, 6) is 2.40. The van der Waals surface area contributed by atoms with E-state index in [4.69, 9.17) is 9.26 Å². The molecule has 24 heteroatoms. The maximum atomic E-state index is 12.3. The zero-order valence-electron chi connectivity index (χ0n) is 65.1. The molecule has 0 amide bonds. The number of aromatic nitrogens is 3. The van der Waals surface area contributed by atoms with Crippen LogP contribution in [0, 0.1) is 40.0 Å². The first-order valence-electron chi connectivity index (χ1n) is 33.0. The molecular formula is C77H114N4O14S6. The van der Waals surface area contributed by atoms with Crippen molar-refractivity contribution in [2.75, 3.05) is 6.54 Å². The number of ether oxygens (including phenoxy) is 1. The Bertz CT molecular complexity index is 4520. The van der Waals surface area contributed by atoms with Gasteiger partial charge in [0.1, 0.15) is 22.2 Å². The first-order chi connectivity index (χ1) is 45.4. The van der Waals surface area contributed by atoms with Gasteiger partial charge in [0.15, 0.2) is 60.0 Å². The van der Waals surface area contributed by atoms with E-state index in [1.807, 2.05) is 75.4 Å². The summed E-state index contributed by atoms with van der Waals surface area (Å²) in [6.45, 7) is 50.3. The fraction of sp³-hybridized carbons (Fsp3) is 0.494. The lowest BCUT2D eigenvalue weighted by Crippen LogP contribution is -2.31. The Labute approximate surface area is 607 Å². The number of aryl methyl sites for hydroxylation is 6. The van der Waals surface area contributed by atoms with E-state index >= 15 is 0 Å². The highest BCUT2D eigenvalue weighted by atomic mass is 32.2. The van der Waals surface area contributed by atoms with Crippen molar-refractivity contribution in [2.45, 2.75) is 253 Å². The van der Waals surface area contributed by atoms with Gasteiger partial charge in [-0.2, -0.15) is 0 Å². The summed E-state index contributed by atoms with van der Waals surface area (Å²) in [7, 11) is -17.8. The number of rotatable bonds is 9. The number of aliphatic imine (C=N–C) groups is 1. The van der Waals surface area contributed by atoms with Crippen molar-refractivity contribution < 1.29 is 59.8 Å². The number of para-hydroxylation sites is 1. The molecule has 0 saturated carbocycles. The first kappa shape index (κ1) is 90.5. The van der Waals surface area contributed by atoms with E-state index in [1.165, 1.54) is 5.56 Å². The number of allylic oxidation sites excluding steroid dienone is 1. The zero-order chi connectivity index (χ0) is 78.5. The topological polar surface area (TPSA) is 270 Å². The maximum Gasteiger partial charge on any atom is 0.202 e. The first-order valence-corrected chi connectivity index (χ1v) is 41.9. The lowest BCUT2D eigenvalue weighted by Gasteiger charge is -2.20. The van der Waals surface area contributed by atoms with Crippen molar-refractivity contribution in [2.24, 2.45) is 17.5 Å². The Morgan fingerprint density at radius 3 is 1.04 bits per heavy atom. The fourth-order valence-electron chi connectivity index (χ4n) is 8.57. The molecule has 8 rings (SSSR count). The van der Waals surface area contributed by atoms with Crippen molar-refractivity contribution in [1.82, 2.24) is 14.7 Å². The Morgan fingerprint density at radius 2 is 0.752 bits per heavy atom. The molecule has 0 saturated heterocycles. The van der Waals surface area contributed by atoms with Gasteiger partial charge in [-0.3, -0.25) is 4.99 Å². The van der Waals surface area contributed by atoms with E-state index in [2.05, 4.69) is 66.2 Å². The monoisotopic (exact) mass is 1510 g/mol. The smallest absolute Gasteiger partial charge is 0.202 e. The molecule has 0 atom stereocenters. The van der Waals surface area contributed by atoms with Gasteiger partial charge >= 0.3 is 0 Å². The molecule has 0 spiro atoms. The van der Waals surface area contributed by atoms with Gasteiger partial charge in [-0.05, 0) is 257 Å². The van der Waals surface area contributed by atoms with E-state index in [9.17, 15) is 50.5 Å². The predicted octanol–water partition coefficient (Wildman–Crippen LogP) is 17.6. The van der Waals surface area contributed by atoms with Crippen LogP contribution in [-0.4, -0.2) is 106 Å². The lowest BCUT2D eigenvalue weighted by atomic mass is 9.88. The Balaban J connectivity index is 0.000000403. The minimum absolute atomic E-state index is 0.157. The van der Waals surface area contributed by atoms with Gasteiger partial charge in [0, 0.05) is 13.2 Å². The molecular weight excluding hydrogens is 1400 g/mol. The molecule has 1 aliphatic rings. The zero-order valence-corrected chi connectivity index (χ0v) is 70.0. The largest absolute Gasteiger partial charge is 0.457 e. The Morgan fingerprint density at radius 1 is 0.416 bits per heavy atom. The molecule has 1 aliphatic heterocycles. The van der Waals surface area contributed by atoms with E-state index in [0.717, 1.165) is 28.9 Å². The molecule has 2 aromatic heterocycles. The molecule has 18 nitrogen and oxygen atoms in total. The average Bonchev–Trinajstić information content (AvgIpc) is 1.73. The normalized spacial score (nSPS) is 13.5. The quantitative estimate of drug-likeness (QED) is 0.130. The van der Waals surface area contributed by atoms with Crippen LogP contribution in [0.3, 0.4) is 0 Å². The summed E-state index contributed by atoms with van der Waals surface area (Å²) in [6, 6.07) is 40.4. The highest BCUT2D eigenvalue weighted by Gasteiger charge is 2.39. The summed E-state index contributed by atoms with van der Waals surface area (Å²) in [6.07, 6.45) is 2.71. The van der Waals surface area contributed by atoms with E-state index in [1.54, 1.807) is 219 Å². The summed E-state index contributed by atoms with van der Waals surface area (Å²) in [5.41, 5.74) is 5.91. The molecule has 0 unspecified atom stereocenters. The van der Waals surface area contributed by atoms with Crippen LogP contribution in [0.5, 0.6) is 11.5 Å². The number of sulfone groups is 6. The van der Waals surface area contributed by atoms with E-state index in [-0.39, 0.29) is 9.92 Å². The molecule has 0 fully saturated rings. The molecule has 0 aliphatic carbocycles. The molecule has 562 valence electrons. The summed E-state index contributed by atoms with van der Waals surface area (Å²) in [4.78, 5) is 9.95. The van der Waals surface area contributed by atoms with Gasteiger partial charge in [0.2, 0.25) is 9.84 Å². The van der Waals surface area contributed by atoms with Crippen LogP contribution < -0.4 is 4.74 Å². The van der Waals surface area contributed by atoms with Gasteiger partial charge in [-0.25, -0.2) is 55.5 Å². The molecule has 5 aromatic carbocycles. The second-order valence-electron chi connectivity index (χ2n) is 31.8. The van der Waals surface area contributed by atoms with Crippen LogP contribution in [0.4, 0.5) is 0 Å². The number of hydrogen-bond donors (Lipinski definition) is 0. The highest BCUT2D eigenvalue weighted by Crippen LogP contribution is 2.33. The lowest BCUT2D eigenvalue weighted by molar-refractivity contribution is 0.390. The molecule has 0 radical (unpaired) electrons. The van der Waals surface area contributed by atoms with E-state index in [0.29, 0.717) is 60.3 Å². The van der Waals surface area contributed by atoms with Crippen molar-refractivity contribution >= 4 is 64.7 Å². The SMILES string of the molecule is CC(C)(C)Cc1ccccc1.CC(C)(C)S(=O)(=O)c1ccc(Oc2ccccc2)cc1.CC1=NCC(C)=C1S(=O)(=O)C(C)(C)C.Cc1ccc(S(=O)(=O)C(C)(C)C)cc1.Cc1ccc(S(=O)(=O)C(C)(C)C)cc1.Cc1nc(S(=O)(=O)C(C)(C)C)cn1C.Cc1noc(C)c1S(=O)(=O)C(C)(C)C. The van der Waals surface area contributed by atoms with Crippen molar-refractivity contribution in [3.63, 3.8) is 0 Å². The van der Waals surface area contributed by atoms with Crippen molar-refractivity contribution in [3.05, 3.63) is 184 Å². The van der Waals surface area contributed by atoms with Gasteiger partial charge in [0.05, 0.1) is 66.0 Å². The van der Waals surface area contributed by atoms with Gasteiger partial charge in [-0.15, -0.1) is 0 Å². The third kappa shape index (κ3) is 25.1. The van der Waals surface area contributed by atoms with Crippen molar-refractivity contribution in [3.8, 4) is 11.5 Å². The summed E-state index contributed by atoms with van der Waals surface area (Å²) < 4.78 is 152. The second kappa shape index (κ2) is 34.4. The minimum Gasteiger partial charge on any atom is -0.457 e. The number of benzene rings is 5. The van der Waals surface area contributed by atoms with Gasteiger partial charge in [0.25, 0.3) is 0 Å². The van der Waals surface area contributed by atoms with Crippen molar-refractivity contribution in [1.29, 1.82) is 0 Å².